The third-order valence-corrected chi connectivity index (χ3v) is 3.55. The molecule has 22 heavy (non-hydrogen) atoms. The zero-order valence-corrected chi connectivity index (χ0v) is 13.2. The van der Waals surface area contributed by atoms with Gasteiger partial charge in [-0.05, 0) is 36.0 Å². The molecule has 1 aromatic rings. The number of amides is 2. The fourth-order valence-corrected chi connectivity index (χ4v) is 2.67. The van der Waals surface area contributed by atoms with E-state index >= 15 is 0 Å². The van der Waals surface area contributed by atoms with Crippen LogP contribution in [0.2, 0.25) is 5.02 Å². The molecule has 2 rings (SSSR count). The summed E-state index contributed by atoms with van der Waals surface area (Å²) in [6.07, 6.45) is 1.51. The molecule has 6 nitrogen and oxygen atoms in total. The Morgan fingerprint density at radius 2 is 2.09 bits per heavy atom. The highest BCUT2D eigenvalue weighted by Crippen LogP contribution is 2.31. The molecule has 1 heterocycles. The Morgan fingerprint density at radius 1 is 1.36 bits per heavy atom. The molecule has 0 unspecified atom stereocenters. The van der Waals surface area contributed by atoms with Gasteiger partial charge in [-0.25, -0.2) is 0 Å². The topological polar surface area (TPSA) is 84.8 Å². The number of thioether (sulfide) groups is 1. The van der Waals surface area contributed by atoms with Gasteiger partial charge in [0.25, 0.3) is 5.91 Å². The Labute approximate surface area is 135 Å². The molecule has 0 fully saturated rings. The highest BCUT2D eigenvalue weighted by atomic mass is 35.5. The third-order valence-electron chi connectivity index (χ3n) is 2.42. The van der Waals surface area contributed by atoms with Crippen LogP contribution in [0.4, 0.5) is 0 Å². The molecule has 0 aromatic heterocycles. The number of amidine groups is 1. The van der Waals surface area contributed by atoms with Crippen molar-refractivity contribution in [2.45, 2.75) is 13.8 Å². The fraction of sp³-hybridized carbons (Fsp3) is 0.143. The number of halogens is 1. The molecule has 114 valence electrons. The molecule has 1 aliphatic rings. The van der Waals surface area contributed by atoms with Crippen molar-refractivity contribution >= 4 is 52.4 Å². The smallest absolute Gasteiger partial charge is 0.308 e. The standard InChI is InChI=1S/C14H11ClN2O4S/c1-7(18)16-14-17-13(20)12(22-14)6-9-5-10(15)3-4-11(9)21-8(2)19/h3-6H,1-2H3,(H,16,17,18,20). The molecule has 0 radical (unpaired) electrons. The Morgan fingerprint density at radius 3 is 2.73 bits per heavy atom. The first-order chi connectivity index (χ1) is 10.3. The average molecular weight is 339 g/mol. The van der Waals surface area contributed by atoms with E-state index in [2.05, 4.69) is 10.3 Å². The van der Waals surface area contributed by atoms with E-state index < -0.39 is 11.9 Å². The van der Waals surface area contributed by atoms with E-state index in [1.807, 2.05) is 0 Å². The molecule has 0 aliphatic carbocycles. The van der Waals surface area contributed by atoms with Gasteiger partial charge in [-0.15, -0.1) is 0 Å². The molecule has 0 saturated heterocycles. The lowest BCUT2D eigenvalue weighted by molar-refractivity contribution is -0.132. The van der Waals surface area contributed by atoms with Crippen LogP contribution in [0.25, 0.3) is 6.08 Å². The maximum atomic E-state index is 11.8. The van der Waals surface area contributed by atoms with Gasteiger partial charge in [0.15, 0.2) is 5.17 Å². The third kappa shape index (κ3) is 4.19. The van der Waals surface area contributed by atoms with Crippen molar-refractivity contribution in [1.82, 2.24) is 5.32 Å². The van der Waals surface area contributed by atoms with Crippen molar-refractivity contribution in [3.05, 3.63) is 33.7 Å². The fourth-order valence-electron chi connectivity index (χ4n) is 1.63. The van der Waals surface area contributed by atoms with E-state index in [4.69, 9.17) is 16.3 Å². The summed E-state index contributed by atoms with van der Waals surface area (Å²) >= 11 is 6.95. The zero-order valence-electron chi connectivity index (χ0n) is 11.7. The highest BCUT2D eigenvalue weighted by molar-refractivity contribution is 8.18. The van der Waals surface area contributed by atoms with E-state index in [9.17, 15) is 14.4 Å². The summed E-state index contributed by atoms with van der Waals surface area (Å²) in [5.74, 6) is -1.00. The number of rotatable bonds is 2. The lowest BCUT2D eigenvalue weighted by atomic mass is 10.2. The largest absolute Gasteiger partial charge is 0.426 e. The number of nitrogens with zero attached hydrogens (tertiary/aromatic N) is 1. The van der Waals surface area contributed by atoms with E-state index in [1.165, 1.54) is 26.0 Å². The lowest BCUT2D eigenvalue weighted by Crippen LogP contribution is -2.23. The van der Waals surface area contributed by atoms with Crippen molar-refractivity contribution in [2.75, 3.05) is 0 Å². The second-order valence-corrected chi connectivity index (χ2v) is 5.76. The number of benzene rings is 1. The summed E-state index contributed by atoms with van der Waals surface area (Å²) in [6, 6.07) is 4.68. The van der Waals surface area contributed by atoms with Crippen LogP contribution in [0, 0.1) is 0 Å². The predicted octanol–water partition coefficient (Wildman–Crippen LogP) is 2.37. The maximum absolute atomic E-state index is 11.8. The Balaban J connectivity index is 2.30. The molecule has 0 saturated carbocycles. The zero-order chi connectivity index (χ0) is 16.3. The molecule has 1 N–H and O–H groups in total. The monoisotopic (exact) mass is 338 g/mol. The van der Waals surface area contributed by atoms with Gasteiger partial charge in [0, 0.05) is 24.4 Å². The molecule has 1 aromatic carbocycles. The number of nitrogens with one attached hydrogen (secondary N) is 1. The summed E-state index contributed by atoms with van der Waals surface area (Å²) in [7, 11) is 0. The molecule has 0 bridgehead atoms. The van der Waals surface area contributed by atoms with E-state index in [-0.39, 0.29) is 16.8 Å². The van der Waals surface area contributed by atoms with Gasteiger partial charge < -0.3 is 10.1 Å². The molecule has 8 heteroatoms. The van der Waals surface area contributed by atoms with Crippen molar-refractivity contribution in [3.63, 3.8) is 0 Å². The van der Waals surface area contributed by atoms with Gasteiger partial charge >= 0.3 is 5.97 Å². The highest BCUT2D eigenvalue weighted by Gasteiger charge is 2.23. The maximum Gasteiger partial charge on any atom is 0.308 e. The number of hydrogen-bond donors (Lipinski definition) is 1. The summed E-state index contributed by atoms with van der Waals surface area (Å²) in [5, 5.41) is 3.09. The Kier molecular flexibility index (Phi) is 4.99. The molecule has 0 spiro atoms. The molecular weight excluding hydrogens is 328 g/mol. The van der Waals surface area contributed by atoms with Crippen LogP contribution in [0.3, 0.4) is 0 Å². The lowest BCUT2D eigenvalue weighted by Gasteiger charge is -2.06. The number of esters is 1. The summed E-state index contributed by atoms with van der Waals surface area (Å²) in [6.45, 7) is 2.60. The SMILES string of the molecule is CC(=O)NC1=NC(=O)C(=Cc2cc(Cl)ccc2OC(C)=O)S1. The quantitative estimate of drug-likeness (QED) is 0.508. The van der Waals surface area contributed by atoms with Crippen molar-refractivity contribution in [1.29, 1.82) is 0 Å². The average Bonchev–Trinajstić information content (AvgIpc) is 2.71. The summed E-state index contributed by atoms with van der Waals surface area (Å²) < 4.78 is 5.07. The molecule has 2 amide bonds. The number of ether oxygens (including phenoxy) is 1. The van der Waals surface area contributed by atoms with Crippen LogP contribution in [-0.4, -0.2) is 23.0 Å². The van der Waals surface area contributed by atoms with Crippen LogP contribution in [0.15, 0.2) is 28.1 Å². The van der Waals surface area contributed by atoms with Gasteiger partial charge in [0.2, 0.25) is 5.91 Å². The minimum atomic E-state index is -0.484. The predicted molar refractivity (Wildman–Crippen MR) is 84.6 cm³/mol. The van der Waals surface area contributed by atoms with E-state index in [0.717, 1.165) is 11.8 Å². The van der Waals surface area contributed by atoms with Gasteiger partial charge in [0.05, 0.1) is 4.91 Å². The minimum absolute atomic E-state index is 0.208. The van der Waals surface area contributed by atoms with Gasteiger partial charge in [-0.1, -0.05) is 11.6 Å². The van der Waals surface area contributed by atoms with Crippen LogP contribution in [0.1, 0.15) is 19.4 Å². The second-order valence-electron chi connectivity index (χ2n) is 4.29. The van der Waals surface area contributed by atoms with Gasteiger partial charge in [-0.3, -0.25) is 14.4 Å². The molecular formula is C14H11ClN2O4S. The van der Waals surface area contributed by atoms with Crippen LogP contribution in [0.5, 0.6) is 5.75 Å². The normalized spacial score (nSPS) is 15.7. The van der Waals surface area contributed by atoms with Gasteiger partial charge in [-0.2, -0.15) is 4.99 Å². The number of carbonyl (C=O) groups excluding carboxylic acids is 3. The van der Waals surface area contributed by atoms with Crippen LogP contribution in [-0.2, 0) is 14.4 Å². The minimum Gasteiger partial charge on any atom is -0.426 e. The Hall–Kier alpha value is -2.12. The first-order valence-corrected chi connectivity index (χ1v) is 7.32. The second kappa shape index (κ2) is 6.76. The van der Waals surface area contributed by atoms with E-state index in [1.54, 1.807) is 12.1 Å². The van der Waals surface area contributed by atoms with Gasteiger partial charge in [0.1, 0.15) is 5.75 Å². The van der Waals surface area contributed by atoms with Crippen molar-refractivity contribution in [3.8, 4) is 5.75 Å². The van der Waals surface area contributed by atoms with Crippen LogP contribution < -0.4 is 10.1 Å². The molecule has 0 atom stereocenters. The van der Waals surface area contributed by atoms with E-state index in [0.29, 0.717) is 15.5 Å². The first kappa shape index (κ1) is 16.3. The summed E-state index contributed by atoms with van der Waals surface area (Å²) in [5.41, 5.74) is 0.470. The van der Waals surface area contributed by atoms with Crippen molar-refractivity contribution in [2.24, 2.45) is 4.99 Å². The summed E-state index contributed by atoms with van der Waals surface area (Å²) in [4.78, 5) is 37.9. The number of hydrogen-bond acceptors (Lipinski definition) is 5. The van der Waals surface area contributed by atoms with Crippen molar-refractivity contribution < 1.29 is 19.1 Å². The first-order valence-electron chi connectivity index (χ1n) is 6.13. The molecule has 1 aliphatic heterocycles. The number of aliphatic imine (C=N–C) groups is 1. The Bertz CT molecular complexity index is 728. The van der Waals surface area contributed by atoms with Crippen LogP contribution >= 0.6 is 23.4 Å². The number of carbonyl (C=O) groups is 3.